The van der Waals surface area contributed by atoms with Crippen molar-refractivity contribution < 1.29 is 4.79 Å². The lowest BCUT2D eigenvalue weighted by atomic mass is 10.1. The number of hydrogen-bond acceptors (Lipinski definition) is 5. The summed E-state index contributed by atoms with van der Waals surface area (Å²) in [6.45, 7) is 1.37. The summed E-state index contributed by atoms with van der Waals surface area (Å²) in [6, 6.07) is 6.95. The fraction of sp³-hybridized carbons (Fsp3) is 0.118. The Kier molecular flexibility index (Phi) is 5.17. The second-order valence-electron chi connectivity index (χ2n) is 5.37. The molecule has 2 heterocycles. The van der Waals surface area contributed by atoms with Gasteiger partial charge in [-0.25, -0.2) is 4.98 Å². The summed E-state index contributed by atoms with van der Waals surface area (Å²) in [5.41, 5.74) is 6.83. The van der Waals surface area contributed by atoms with Gasteiger partial charge in [0, 0.05) is 16.4 Å². The van der Waals surface area contributed by atoms with Crippen LogP contribution in [0.25, 0.3) is 10.9 Å². The lowest BCUT2D eigenvalue weighted by molar-refractivity contribution is 0.101. The van der Waals surface area contributed by atoms with Crippen LogP contribution in [0.4, 0.5) is 5.82 Å². The molecule has 3 aromatic rings. The van der Waals surface area contributed by atoms with Crippen LogP contribution in [0.3, 0.4) is 0 Å². The number of carbonyl (C=O) groups excluding carboxylic acids is 1. The van der Waals surface area contributed by atoms with Crippen LogP contribution < -0.4 is 11.2 Å². The maximum atomic E-state index is 12.8. The topological polar surface area (TPSA) is 88.8 Å². The van der Waals surface area contributed by atoms with Crippen LogP contribution in [0.15, 0.2) is 44.8 Å². The maximum Gasteiger partial charge on any atom is 0.202 e. The number of thioether (sulfide) groups is 1. The number of nitrogens with one attached hydrogen (secondary N) is 1. The first-order valence-electron chi connectivity index (χ1n) is 7.26. The third-order valence-corrected chi connectivity index (χ3v) is 5.65. The van der Waals surface area contributed by atoms with E-state index in [2.05, 4.69) is 25.9 Å². The Labute approximate surface area is 161 Å². The van der Waals surface area contributed by atoms with Crippen molar-refractivity contribution in [3.05, 3.63) is 61.3 Å². The lowest BCUT2D eigenvalue weighted by Gasteiger charge is -2.11. The smallest absolute Gasteiger partial charge is 0.202 e. The van der Waals surface area contributed by atoms with Gasteiger partial charge in [-0.2, -0.15) is 0 Å². The molecule has 0 aliphatic heterocycles. The predicted octanol–water partition coefficient (Wildman–Crippen LogP) is 4.42. The molecule has 128 valence electrons. The Balaban J connectivity index is 2.11. The predicted molar refractivity (Wildman–Crippen MR) is 105 cm³/mol. The quantitative estimate of drug-likeness (QED) is 0.465. The van der Waals surface area contributed by atoms with E-state index in [0.29, 0.717) is 37.0 Å². The third kappa shape index (κ3) is 3.58. The van der Waals surface area contributed by atoms with E-state index < -0.39 is 0 Å². The molecule has 3 rings (SSSR count). The number of carbonyl (C=O) groups is 1. The van der Waals surface area contributed by atoms with E-state index in [1.54, 1.807) is 24.4 Å². The van der Waals surface area contributed by atoms with E-state index in [4.69, 9.17) is 17.3 Å². The molecule has 0 aliphatic carbocycles. The minimum atomic E-state index is -0.370. The van der Waals surface area contributed by atoms with Gasteiger partial charge < -0.3 is 10.7 Å². The zero-order chi connectivity index (χ0) is 18.1. The third-order valence-electron chi connectivity index (χ3n) is 3.61. The molecule has 0 amide bonds. The molecule has 0 aliphatic rings. The van der Waals surface area contributed by atoms with E-state index in [9.17, 15) is 9.59 Å². The molecule has 5 nitrogen and oxygen atoms in total. The molecule has 8 heteroatoms. The molecule has 0 fully saturated rings. The highest BCUT2D eigenvalue weighted by Crippen LogP contribution is 2.31. The van der Waals surface area contributed by atoms with E-state index in [-0.39, 0.29) is 16.8 Å². The summed E-state index contributed by atoms with van der Waals surface area (Å²) in [6.07, 6.45) is 1.67. The number of fused-ring (bicyclic) bond motifs is 1. The number of hydrogen-bond donors (Lipinski definition) is 2. The van der Waals surface area contributed by atoms with Crippen LogP contribution in [0.5, 0.6) is 0 Å². The molecule has 0 atom stereocenters. The molecule has 0 spiro atoms. The normalized spacial score (nSPS) is 11.0. The van der Waals surface area contributed by atoms with Gasteiger partial charge in [-0.15, -0.1) is 11.8 Å². The SMILES string of the molecule is CC(=O)c1c(SCc2ccc(N)nc2)[nH]c2c(Br)ccc(Cl)c2c1=O. The molecular weight excluding hydrogens is 426 g/mol. The van der Waals surface area contributed by atoms with Crippen molar-refractivity contribution in [2.24, 2.45) is 0 Å². The molecule has 0 saturated heterocycles. The fourth-order valence-electron chi connectivity index (χ4n) is 2.40. The summed E-state index contributed by atoms with van der Waals surface area (Å²) < 4.78 is 0.704. The number of anilines is 1. The van der Waals surface area contributed by atoms with Crippen molar-refractivity contribution in [2.45, 2.75) is 17.7 Å². The van der Waals surface area contributed by atoms with E-state index in [1.807, 2.05) is 6.07 Å². The van der Waals surface area contributed by atoms with Crippen molar-refractivity contribution in [3.8, 4) is 0 Å². The van der Waals surface area contributed by atoms with Crippen molar-refractivity contribution in [1.29, 1.82) is 0 Å². The molecule has 0 saturated carbocycles. The second kappa shape index (κ2) is 7.19. The van der Waals surface area contributed by atoms with E-state index >= 15 is 0 Å². The van der Waals surface area contributed by atoms with Crippen molar-refractivity contribution in [1.82, 2.24) is 9.97 Å². The number of nitrogen functional groups attached to an aromatic ring is 1. The number of aromatic amines is 1. The summed E-state index contributed by atoms with van der Waals surface area (Å²) in [7, 11) is 0. The largest absolute Gasteiger partial charge is 0.384 e. The summed E-state index contributed by atoms with van der Waals surface area (Å²) in [4.78, 5) is 32.1. The van der Waals surface area contributed by atoms with Gasteiger partial charge in [-0.1, -0.05) is 17.7 Å². The number of nitrogens with zero attached hydrogens (tertiary/aromatic N) is 1. The Hall–Kier alpha value is -1.83. The Morgan fingerprint density at radius 1 is 1.36 bits per heavy atom. The molecule has 2 aromatic heterocycles. The molecule has 0 radical (unpaired) electrons. The van der Waals surface area contributed by atoms with Crippen molar-refractivity contribution >= 4 is 61.8 Å². The maximum absolute atomic E-state index is 12.8. The highest BCUT2D eigenvalue weighted by atomic mass is 79.9. The number of rotatable bonds is 4. The number of nitrogens with two attached hydrogens (primary N) is 1. The molecule has 25 heavy (non-hydrogen) atoms. The van der Waals surface area contributed by atoms with Crippen molar-refractivity contribution in [2.75, 3.05) is 5.73 Å². The van der Waals surface area contributed by atoms with Gasteiger partial charge in [0.05, 0.1) is 26.5 Å². The number of Topliss-reactive ketones (excluding diaryl/α,β-unsaturated/α-hetero) is 1. The van der Waals surface area contributed by atoms with E-state index in [1.165, 1.54) is 18.7 Å². The number of H-pyrrole nitrogens is 1. The van der Waals surface area contributed by atoms with Gasteiger partial charge in [0.2, 0.25) is 5.43 Å². The number of benzene rings is 1. The Morgan fingerprint density at radius 3 is 2.76 bits per heavy atom. The Morgan fingerprint density at radius 2 is 2.12 bits per heavy atom. The van der Waals surface area contributed by atoms with Crippen LogP contribution in [0.1, 0.15) is 22.8 Å². The first kappa shape index (κ1) is 18.0. The van der Waals surface area contributed by atoms with Crippen LogP contribution in [-0.2, 0) is 5.75 Å². The second-order valence-corrected chi connectivity index (χ2v) is 7.62. The van der Waals surface area contributed by atoms with Crippen LogP contribution in [-0.4, -0.2) is 15.8 Å². The highest BCUT2D eigenvalue weighted by Gasteiger charge is 2.19. The number of pyridine rings is 2. The zero-order valence-electron chi connectivity index (χ0n) is 13.1. The molecule has 1 aromatic carbocycles. The van der Waals surface area contributed by atoms with Crippen LogP contribution in [0, 0.1) is 0 Å². The van der Waals surface area contributed by atoms with Gasteiger partial charge in [0.25, 0.3) is 0 Å². The average molecular weight is 439 g/mol. The summed E-state index contributed by atoms with van der Waals surface area (Å²) in [5, 5.41) is 1.12. The number of ketones is 1. The standard InChI is InChI=1S/C17H13BrClN3O2S/c1-8(23)13-16(24)14-11(19)4-3-10(18)15(14)22-17(13)25-7-9-2-5-12(20)21-6-9/h2-6H,7H2,1H3,(H2,20,21)(H,22,24). The average Bonchev–Trinajstić information content (AvgIpc) is 2.57. The first-order valence-corrected chi connectivity index (χ1v) is 9.42. The summed E-state index contributed by atoms with van der Waals surface area (Å²) in [5.74, 6) is 0.667. The van der Waals surface area contributed by atoms with Crippen molar-refractivity contribution in [3.63, 3.8) is 0 Å². The minimum absolute atomic E-state index is 0.112. The van der Waals surface area contributed by atoms with Gasteiger partial charge in [-0.05, 0) is 46.6 Å². The van der Waals surface area contributed by atoms with Crippen LogP contribution in [0.2, 0.25) is 5.02 Å². The van der Waals surface area contributed by atoms with Gasteiger partial charge in [-0.3, -0.25) is 9.59 Å². The minimum Gasteiger partial charge on any atom is -0.384 e. The van der Waals surface area contributed by atoms with Gasteiger partial charge in [0.1, 0.15) is 5.82 Å². The van der Waals surface area contributed by atoms with E-state index in [0.717, 1.165) is 5.56 Å². The Bertz CT molecular complexity index is 1030. The monoisotopic (exact) mass is 437 g/mol. The molecule has 3 N–H and O–H groups in total. The first-order chi connectivity index (χ1) is 11.9. The number of aromatic nitrogens is 2. The van der Waals surface area contributed by atoms with Gasteiger partial charge in [0.15, 0.2) is 5.78 Å². The molecular formula is C17H13BrClN3O2S. The zero-order valence-corrected chi connectivity index (χ0v) is 16.3. The van der Waals surface area contributed by atoms with Gasteiger partial charge >= 0.3 is 0 Å². The van der Waals surface area contributed by atoms with Crippen LogP contribution >= 0.6 is 39.3 Å². The number of halogens is 2. The lowest BCUT2D eigenvalue weighted by Crippen LogP contribution is -2.17. The molecule has 0 bridgehead atoms. The molecule has 0 unspecified atom stereocenters. The fourth-order valence-corrected chi connectivity index (χ4v) is 4.11. The highest BCUT2D eigenvalue weighted by molar-refractivity contribution is 9.10. The summed E-state index contributed by atoms with van der Waals surface area (Å²) >= 11 is 10.9.